The van der Waals surface area contributed by atoms with Crippen molar-refractivity contribution < 1.29 is 13.2 Å². The largest absolute Gasteiger partial charge is 0.308 e. The molecule has 0 aliphatic rings. The molecule has 1 aromatic rings. The maximum absolute atomic E-state index is 11.6. The van der Waals surface area contributed by atoms with E-state index in [9.17, 15) is 13.2 Å². The number of aromatic amines is 1. The van der Waals surface area contributed by atoms with Crippen molar-refractivity contribution in [3.63, 3.8) is 0 Å². The van der Waals surface area contributed by atoms with Crippen LogP contribution in [0.3, 0.4) is 0 Å². The van der Waals surface area contributed by atoms with Gasteiger partial charge in [-0.05, 0) is 20.8 Å². The number of H-pyrrole nitrogens is 1. The molecule has 6 nitrogen and oxygen atoms in total. The number of amides is 1. The Balaban J connectivity index is 2.84. The third-order valence-electron chi connectivity index (χ3n) is 2.51. The predicted molar refractivity (Wildman–Crippen MR) is 61.0 cm³/mol. The molecule has 90 valence electrons. The molecule has 0 aliphatic heterocycles. The molecule has 0 spiro atoms. The number of aromatic nitrogens is 2. The fraction of sp³-hybridized carbons (Fsp3) is 0.556. The lowest BCUT2D eigenvalue weighted by molar-refractivity contribution is -0.115. The minimum absolute atomic E-state index is 0.373. The highest BCUT2D eigenvalue weighted by atomic mass is 32.2. The molecule has 0 aliphatic carbocycles. The summed E-state index contributed by atoms with van der Waals surface area (Å²) in [6.07, 6.45) is 1.03. The maximum atomic E-state index is 11.6. The number of carbonyl (C=O) groups excluding carboxylic acids is 1. The van der Waals surface area contributed by atoms with Crippen LogP contribution in [0.4, 0.5) is 5.82 Å². The molecule has 0 radical (unpaired) electrons. The second-order valence-corrected chi connectivity index (χ2v) is 6.15. The van der Waals surface area contributed by atoms with Gasteiger partial charge in [0, 0.05) is 17.5 Å². The lowest BCUT2D eigenvalue weighted by Gasteiger charge is -2.08. The number of hydrogen-bond acceptors (Lipinski definition) is 4. The van der Waals surface area contributed by atoms with Gasteiger partial charge in [0.2, 0.25) is 5.91 Å². The molecule has 1 unspecified atom stereocenters. The van der Waals surface area contributed by atoms with Crippen molar-refractivity contribution in [1.29, 1.82) is 0 Å². The molecule has 0 saturated carbocycles. The Hall–Kier alpha value is -1.37. The van der Waals surface area contributed by atoms with Crippen molar-refractivity contribution in [3.05, 3.63) is 11.3 Å². The van der Waals surface area contributed by atoms with Crippen LogP contribution in [0.15, 0.2) is 0 Å². The summed E-state index contributed by atoms with van der Waals surface area (Å²) in [5.41, 5.74) is 1.64. The van der Waals surface area contributed by atoms with Crippen LogP contribution in [0, 0.1) is 13.8 Å². The molecular weight excluding hydrogens is 230 g/mol. The summed E-state index contributed by atoms with van der Waals surface area (Å²) in [7, 11) is -3.38. The standard InChI is InChI=1S/C9H15N3O3S/c1-5-6(2)11-12-8(5)10-9(13)7(3)16(4,14)15/h7H,1-4H3,(H2,10,11,12,13). The van der Waals surface area contributed by atoms with E-state index in [-0.39, 0.29) is 0 Å². The number of hydrogen-bond donors (Lipinski definition) is 2. The van der Waals surface area contributed by atoms with Crippen molar-refractivity contribution in [1.82, 2.24) is 10.2 Å². The SMILES string of the molecule is Cc1[nH]nc(NC(=O)C(C)S(C)(=O)=O)c1C. The molecule has 1 rings (SSSR count). The molecule has 1 aromatic heterocycles. The quantitative estimate of drug-likeness (QED) is 0.806. The van der Waals surface area contributed by atoms with E-state index in [1.807, 2.05) is 6.92 Å². The van der Waals surface area contributed by atoms with Crippen LogP contribution >= 0.6 is 0 Å². The normalized spacial score (nSPS) is 13.5. The Kier molecular flexibility index (Phi) is 3.37. The summed E-state index contributed by atoms with van der Waals surface area (Å²) in [6, 6.07) is 0. The number of nitrogens with zero attached hydrogens (tertiary/aromatic N) is 1. The van der Waals surface area contributed by atoms with E-state index in [0.717, 1.165) is 17.5 Å². The molecule has 0 fully saturated rings. The molecule has 0 saturated heterocycles. The van der Waals surface area contributed by atoms with Gasteiger partial charge >= 0.3 is 0 Å². The first-order valence-electron chi connectivity index (χ1n) is 4.74. The van der Waals surface area contributed by atoms with Crippen molar-refractivity contribution in [2.45, 2.75) is 26.0 Å². The molecule has 1 atom stereocenters. The van der Waals surface area contributed by atoms with Crippen LogP contribution in [-0.2, 0) is 14.6 Å². The minimum atomic E-state index is -3.38. The van der Waals surface area contributed by atoms with Crippen LogP contribution in [-0.4, -0.2) is 36.0 Å². The zero-order valence-electron chi connectivity index (χ0n) is 9.66. The van der Waals surface area contributed by atoms with Gasteiger partial charge in [0.25, 0.3) is 0 Å². The fourth-order valence-corrected chi connectivity index (χ4v) is 1.47. The van der Waals surface area contributed by atoms with Crippen LogP contribution in [0.5, 0.6) is 0 Å². The van der Waals surface area contributed by atoms with Gasteiger partial charge in [-0.3, -0.25) is 9.89 Å². The van der Waals surface area contributed by atoms with Crippen molar-refractivity contribution in [2.24, 2.45) is 0 Å². The topological polar surface area (TPSA) is 91.9 Å². The number of rotatable bonds is 3. The van der Waals surface area contributed by atoms with Crippen molar-refractivity contribution in [3.8, 4) is 0 Å². The Morgan fingerprint density at radius 2 is 2.00 bits per heavy atom. The average Bonchev–Trinajstić information content (AvgIpc) is 2.47. The first-order chi connectivity index (χ1) is 7.23. The zero-order valence-corrected chi connectivity index (χ0v) is 10.5. The van der Waals surface area contributed by atoms with E-state index in [4.69, 9.17) is 0 Å². The van der Waals surface area contributed by atoms with Gasteiger partial charge in [-0.25, -0.2) is 8.42 Å². The Bertz CT molecular complexity index is 504. The van der Waals surface area contributed by atoms with Gasteiger partial charge in [-0.2, -0.15) is 5.10 Å². The summed E-state index contributed by atoms with van der Waals surface area (Å²) in [5.74, 6) is -0.199. The second-order valence-electron chi connectivity index (χ2n) is 3.78. The van der Waals surface area contributed by atoms with E-state index in [0.29, 0.717) is 5.82 Å². The number of aryl methyl sites for hydroxylation is 1. The highest BCUT2D eigenvalue weighted by Gasteiger charge is 2.24. The number of carbonyl (C=O) groups is 1. The molecule has 2 N–H and O–H groups in total. The third-order valence-corrected chi connectivity index (χ3v) is 4.00. The van der Waals surface area contributed by atoms with E-state index in [1.165, 1.54) is 6.92 Å². The van der Waals surface area contributed by atoms with Crippen LogP contribution < -0.4 is 5.32 Å². The third kappa shape index (κ3) is 2.60. The van der Waals surface area contributed by atoms with Gasteiger partial charge < -0.3 is 5.32 Å². The lowest BCUT2D eigenvalue weighted by atomic mass is 10.3. The molecule has 0 aromatic carbocycles. The fourth-order valence-electron chi connectivity index (χ4n) is 1.02. The number of nitrogens with one attached hydrogen (secondary N) is 2. The summed E-state index contributed by atoms with van der Waals surface area (Å²) in [6.45, 7) is 4.96. The average molecular weight is 245 g/mol. The highest BCUT2D eigenvalue weighted by molar-refractivity contribution is 7.92. The Morgan fingerprint density at radius 3 is 2.38 bits per heavy atom. The van der Waals surface area contributed by atoms with Crippen molar-refractivity contribution in [2.75, 3.05) is 11.6 Å². The lowest BCUT2D eigenvalue weighted by Crippen LogP contribution is -2.32. The molecule has 7 heteroatoms. The zero-order chi connectivity index (χ0) is 12.5. The molecule has 0 bridgehead atoms. The monoisotopic (exact) mass is 245 g/mol. The molecular formula is C9H15N3O3S. The molecule has 1 amide bonds. The van der Waals surface area contributed by atoms with E-state index in [2.05, 4.69) is 15.5 Å². The van der Waals surface area contributed by atoms with E-state index in [1.54, 1.807) is 6.92 Å². The van der Waals surface area contributed by atoms with Gasteiger partial charge in [0.05, 0.1) is 0 Å². The van der Waals surface area contributed by atoms with Gasteiger partial charge in [-0.15, -0.1) is 0 Å². The Labute approximate surface area is 94.4 Å². The minimum Gasteiger partial charge on any atom is -0.308 e. The predicted octanol–water partition coefficient (Wildman–Crippen LogP) is 0.398. The highest BCUT2D eigenvalue weighted by Crippen LogP contribution is 2.14. The second kappa shape index (κ2) is 4.25. The summed E-state index contributed by atoms with van der Waals surface area (Å²) in [4.78, 5) is 11.6. The smallest absolute Gasteiger partial charge is 0.243 e. The molecule has 1 heterocycles. The van der Waals surface area contributed by atoms with Gasteiger partial charge in [0.1, 0.15) is 5.25 Å². The first kappa shape index (κ1) is 12.7. The van der Waals surface area contributed by atoms with E-state index >= 15 is 0 Å². The number of anilines is 1. The maximum Gasteiger partial charge on any atom is 0.243 e. The summed E-state index contributed by atoms with van der Waals surface area (Å²) >= 11 is 0. The van der Waals surface area contributed by atoms with Crippen LogP contribution in [0.1, 0.15) is 18.2 Å². The van der Waals surface area contributed by atoms with Gasteiger partial charge in [0.15, 0.2) is 15.7 Å². The summed E-state index contributed by atoms with van der Waals surface area (Å²) in [5, 5.41) is 7.97. The van der Waals surface area contributed by atoms with E-state index < -0.39 is 21.0 Å². The van der Waals surface area contributed by atoms with Crippen molar-refractivity contribution >= 4 is 21.6 Å². The number of sulfone groups is 1. The van der Waals surface area contributed by atoms with Gasteiger partial charge in [-0.1, -0.05) is 0 Å². The first-order valence-corrected chi connectivity index (χ1v) is 6.70. The van der Waals surface area contributed by atoms with Crippen LogP contribution in [0.25, 0.3) is 0 Å². The Morgan fingerprint density at radius 1 is 1.44 bits per heavy atom. The molecule has 16 heavy (non-hydrogen) atoms. The van der Waals surface area contributed by atoms with Crippen LogP contribution in [0.2, 0.25) is 0 Å². The summed E-state index contributed by atoms with van der Waals surface area (Å²) < 4.78 is 22.3.